The molecule has 0 spiro atoms. The van der Waals surface area contributed by atoms with Crippen LogP contribution in [-0.2, 0) is 11.3 Å². The predicted octanol–water partition coefficient (Wildman–Crippen LogP) is 1.97. The average Bonchev–Trinajstić information content (AvgIpc) is 2.68. The maximum atomic E-state index is 5.71. The van der Waals surface area contributed by atoms with Gasteiger partial charge in [-0.2, -0.15) is 0 Å². The molecular weight excluding hydrogens is 260 g/mol. The fourth-order valence-electron chi connectivity index (χ4n) is 2.02. The van der Waals surface area contributed by atoms with Crippen LogP contribution in [0.2, 0.25) is 0 Å². The largest absolute Gasteiger partial charge is 0.399 e. The molecule has 1 unspecified atom stereocenters. The van der Waals surface area contributed by atoms with Crippen LogP contribution >= 0.6 is 11.8 Å². The summed E-state index contributed by atoms with van der Waals surface area (Å²) in [5.41, 5.74) is 7.68. The monoisotopic (exact) mass is 280 g/mol. The molecule has 2 rings (SSSR count). The molecule has 5 nitrogen and oxygen atoms in total. The predicted molar refractivity (Wildman–Crippen MR) is 80.5 cm³/mol. The highest BCUT2D eigenvalue weighted by atomic mass is 32.2. The van der Waals surface area contributed by atoms with E-state index in [-0.39, 0.29) is 6.35 Å². The minimum absolute atomic E-state index is 0.147. The van der Waals surface area contributed by atoms with Crippen LogP contribution in [0, 0.1) is 0 Å². The third-order valence-corrected chi connectivity index (χ3v) is 3.76. The summed E-state index contributed by atoms with van der Waals surface area (Å²) < 4.78 is 5.51. The molecule has 0 aromatic heterocycles. The van der Waals surface area contributed by atoms with E-state index in [1.165, 1.54) is 5.56 Å². The summed E-state index contributed by atoms with van der Waals surface area (Å²) in [5.74, 6) is 0.987. The Bertz CT molecular complexity index is 448. The summed E-state index contributed by atoms with van der Waals surface area (Å²) in [4.78, 5) is 2.15. The Kier molecular flexibility index (Phi) is 4.55. The third-order valence-electron chi connectivity index (χ3n) is 2.89. The van der Waals surface area contributed by atoms with Crippen molar-refractivity contribution in [3.05, 3.63) is 29.8 Å². The fourth-order valence-corrected chi connectivity index (χ4v) is 2.79. The van der Waals surface area contributed by atoms with Gasteiger partial charge >= 0.3 is 0 Å². The van der Waals surface area contributed by atoms with Gasteiger partial charge in [-0.25, -0.2) is 0 Å². The molecule has 19 heavy (non-hydrogen) atoms. The highest BCUT2D eigenvalue weighted by Gasteiger charge is 2.31. The lowest BCUT2D eigenvalue weighted by Gasteiger charge is -2.28. The number of hydrazone groups is 1. The van der Waals surface area contributed by atoms with Crippen LogP contribution in [0.25, 0.3) is 0 Å². The molecule has 1 aliphatic heterocycles. The van der Waals surface area contributed by atoms with Gasteiger partial charge in [0.2, 0.25) is 6.35 Å². The van der Waals surface area contributed by atoms with Crippen LogP contribution < -0.4 is 5.73 Å². The van der Waals surface area contributed by atoms with Crippen molar-refractivity contribution < 1.29 is 4.74 Å². The summed E-state index contributed by atoms with van der Waals surface area (Å²) in [6, 6.07) is 7.91. The number of benzene rings is 1. The number of rotatable bonds is 4. The van der Waals surface area contributed by atoms with E-state index in [9.17, 15) is 0 Å². The second-order valence-corrected chi connectivity index (χ2v) is 5.55. The van der Waals surface area contributed by atoms with Crippen LogP contribution in [0.3, 0.4) is 0 Å². The van der Waals surface area contributed by atoms with Crippen molar-refractivity contribution in [3.8, 4) is 0 Å². The Labute approximate surface area is 118 Å². The van der Waals surface area contributed by atoms with E-state index in [1.807, 2.05) is 36.3 Å². The van der Waals surface area contributed by atoms with Crippen LogP contribution in [0.1, 0.15) is 12.5 Å². The zero-order valence-electron chi connectivity index (χ0n) is 11.5. The molecular formula is C13H20N4OS. The molecule has 0 radical (unpaired) electrons. The standard InChI is InChI=1S/C13H20N4OS/c1-4-19-12-15-16(2)13(18-3)17(12)9-10-5-7-11(14)8-6-10/h5-8,13H,4,9,14H2,1-3H3. The smallest absolute Gasteiger partial charge is 0.226 e. The number of nitrogens with two attached hydrogens (primary N) is 1. The number of hydrogen-bond donors (Lipinski definition) is 1. The summed E-state index contributed by atoms with van der Waals surface area (Å²) in [7, 11) is 3.62. The van der Waals surface area contributed by atoms with Gasteiger partial charge in [-0.1, -0.05) is 30.8 Å². The minimum Gasteiger partial charge on any atom is -0.399 e. The van der Waals surface area contributed by atoms with Crippen LogP contribution in [0.4, 0.5) is 5.69 Å². The van der Waals surface area contributed by atoms with E-state index < -0.39 is 0 Å². The number of nitrogen functional groups attached to an aromatic ring is 1. The third kappa shape index (κ3) is 3.13. The average molecular weight is 280 g/mol. The highest BCUT2D eigenvalue weighted by molar-refractivity contribution is 8.13. The van der Waals surface area contributed by atoms with E-state index in [0.717, 1.165) is 23.2 Å². The van der Waals surface area contributed by atoms with Crippen molar-refractivity contribution in [2.24, 2.45) is 5.10 Å². The van der Waals surface area contributed by atoms with Gasteiger partial charge in [0.1, 0.15) is 0 Å². The number of methoxy groups -OCH3 is 1. The number of nitrogens with zero attached hydrogens (tertiary/aromatic N) is 3. The Morgan fingerprint density at radius 2 is 2.05 bits per heavy atom. The fraction of sp³-hybridized carbons (Fsp3) is 0.462. The first-order valence-electron chi connectivity index (χ1n) is 6.23. The first-order chi connectivity index (χ1) is 9.15. The molecule has 0 fully saturated rings. The Morgan fingerprint density at radius 3 is 2.63 bits per heavy atom. The number of thioether (sulfide) groups is 1. The normalized spacial score (nSPS) is 18.9. The molecule has 1 aromatic carbocycles. The molecule has 1 heterocycles. The first-order valence-corrected chi connectivity index (χ1v) is 7.22. The van der Waals surface area contributed by atoms with Crippen molar-refractivity contribution in [1.29, 1.82) is 0 Å². The Morgan fingerprint density at radius 1 is 1.37 bits per heavy atom. The van der Waals surface area contributed by atoms with Crippen molar-refractivity contribution in [3.63, 3.8) is 0 Å². The van der Waals surface area contributed by atoms with Gasteiger partial charge in [0.25, 0.3) is 0 Å². The van der Waals surface area contributed by atoms with Gasteiger partial charge in [-0.05, 0) is 23.4 Å². The Balaban J connectivity index is 2.15. The zero-order chi connectivity index (χ0) is 13.8. The molecule has 0 saturated carbocycles. The maximum Gasteiger partial charge on any atom is 0.226 e. The lowest BCUT2D eigenvalue weighted by Crippen LogP contribution is -2.41. The summed E-state index contributed by atoms with van der Waals surface area (Å²) in [6.45, 7) is 2.88. The number of ether oxygens (including phenoxy) is 1. The van der Waals surface area contributed by atoms with Crippen molar-refractivity contribution in [2.75, 3.05) is 25.6 Å². The molecule has 0 bridgehead atoms. The Hall–Kier alpha value is -1.40. The molecule has 6 heteroatoms. The van der Waals surface area contributed by atoms with E-state index in [2.05, 4.69) is 16.9 Å². The van der Waals surface area contributed by atoms with E-state index in [4.69, 9.17) is 10.5 Å². The van der Waals surface area contributed by atoms with Crippen molar-refractivity contribution in [2.45, 2.75) is 19.8 Å². The van der Waals surface area contributed by atoms with Crippen LogP contribution in [0.15, 0.2) is 29.4 Å². The lowest BCUT2D eigenvalue weighted by molar-refractivity contribution is -0.0796. The highest BCUT2D eigenvalue weighted by Crippen LogP contribution is 2.24. The van der Waals surface area contributed by atoms with Crippen LogP contribution in [-0.4, -0.2) is 41.3 Å². The second kappa shape index (κ2) is 6.16. The molecule has 1 aromatic rings. The van der Waals surface area contributed by atoms with Crippen molar-refractivity contribution >= 4 is 22.6 Å². The molecule has 1 atom stereocenters. The van der Waals surface area contributed by atoms with Crippen LogP contribution in [0.5, 0.6) is 0 Å². The topological polar surface area (TPSA) is 54.1 Å². The van der Waals surface area contributed by atoms with Gasteiger partial charge < -0.3 is 15.4 Å². The maximum absolute atomic E-state index is 5.71. The molecule has 0 saturated heterocycles. The lowest BCUT2D eigenvalue weighted by atomic mass is 10.2. The molecule has 0 amide bonds. The van der Waals surface area contributed by atoms with Gasteiger partial charge in [0, 0.05) is 26.4 Å². The van der Waals surface area contributed by atoms with Gasteiger partial charge in [-0.3, -0.25) is 5.01 Å². The number of anilines is 1. The summed E-state index contributed by atoms with van der Waals surface area (Å²) in [5, 5.41) is 7.35. The molecule has 2 N–H and O–H groups in total. The summed E-state index contributed by atoms with van der Waals surface area (Å²) in [6.07, 6.45) is -0.147. The van der Waals surface area contributed by atoms with E-state index in [0.29, 0.717) is 0 Å². The van der Waals surface area contributed by atoms with Crippen molar-refractivity contribution in [1.82, 2.24) is 9.91 Å². The summed E-state index contributed by atoms with van der Waals surface area (Å²) >= 11 is 1.72. The second-order valence-electron chi connectivity index (χ2n) is 4.32. The molecule has 104 valence electrons. The van der Waals surface area contributed by atoms with E-state index in [1.54, 1.807) is 18.9 Å². The quantitative estimate of drug-likeness (QED) is 0.855. The number of hydrogen-bond acceptors (Lipinski definition) is 6. The molecule has 1 aliphatic rings. The van der Waals surface area contributed by atoms with Gasteiger partial charge in [0.15, 0.2) is 5.17 Å². The molecule has 0 aliphatic carbocycles. The first kappa shape index (κ1) is 14.0. The van der Waals surface area contributed by atoms with Gasteiger partial charge in [-0.15, -0.1) is 5.10 Å². The minimum atomic E-state index is -0.147. The van der Waals surface area contributed by atoms with Gasteiger partial charge in [0.05, 0.1) is 0 Å². The van der Waals surface area contributed by atoms with E-state index >= 15 is 0 Å². The zero-order valence-corrected chi connectivity index (χ0v) is 12.4. The number of amidine groups is 1. The SMILES string of the molecule is CCSC1=NN(C)C(OC)N1Cc1ccc(N)cc1.